The topological polar surface area (TPSA) is 65.2 Å². The number of nitrogens with zero attached hydrogens (tertiary/aromatic N) is 2. The molecule has 3 rings (SSSR count). The minimum atomic E-state index is -0.763. The van der Waals surface area contributed by atoms with Crippen LogP contribution in [0.15, 0.2) is 53.3 Å². The Hall–Kier alpha value is -3.09. The van der Waals surface area contributed by atoms with Crippen LogP contribution in [0.3, 0.4) is 0 Å². The third kappa shape index (κ3) is 3.39. The van der Waals surface area contributed by atoms with E-state index in [0.29, 0.717) is 11.3 Å². The van der Waals surface area contributed by atoms with Crippen LogP contribution in [0, 0.1) is 11.6 Å². The molecule has 0 aliphatic carbocycles. The van der Waals surface area contributed by atoms with Crippen molar-refractivity contribution in [3.8, 4) is 11.3 Å². The van der Waals surface area contributed by atoms with Crippen molar-refractivity contribution in [3.05, 3.63) is 71.7 Å². The van der Waals surface area contributed by atoms with Gasteiger partial charge in [-0.05, 0) is 24.3 Å². The summed E-state index contributed by atoms with van der Waals surface area (Å²) in [6.07, 6.45) is 2.95. The number of carbonyl (C=O) groups is 1. The average molecular weight is 316 g/mol. The van der Waals surface area contributed by atoms with E-state index in [-0.39, 0.29) is 17.9 Å². The van der Waals surface area contributed by atoms with Gasteiger partial charge < -0.3 is 9.26 Å². The van der Waals surface area contributed by atoms with E-state index in [1.807, 2.05) is 0 Å². The van der Waals surface area contributed by atoms with Gasteiger partial charge in [0.15, 0.2) is 5.76 Å². The zero-order valence-electron chi connectivity index (χ0n) is 11.7. The molecule has 0 saturated carbocycles. The molecule has 23 heavy (non-hydrogen) atoms. The minimum Gasteiger partial charge on any atom is -0.455 e. The fraction of sp³-hybridized carbons (Fsp3) is 0.0625. The van der Waals surface area contributed by atoms with E-state index in [9.17, 15) is 13.6 Å². The maximum absolute atomic E-state index is 13.7. The predicted octanol–water partition coefficient (Wildman–Crippen LogP) is 3.37. The number of ether oxygens (including phenoxy) is 1. The highest BCUT2D eigenvalue weighted by molar-refractivity contribution is 5.89. The third-order valence-corrected chi connectivity index (χ3v) is 3.02. The second-order valence-electron chi connectivity index (χ2n) is 4.62. The molecule has 1 aromatic carbocycles. The highest BCUT2D eigenvalue weighted by atomic mass is 19.1. The quantitative estimate of drug-likeness (QED) is 0.690. The number of pyridine rings is 1. The highest BCUT2D eigenvalue weighted by Crippen LogP contribution is 2.24. The number of rotatable bonds is 4. The minimum absolute atomic E-state index is 0.0746. The maximum atomic E-state index is 13.7. The van der Waals surface area contributed by atoms with Crippen LogP contribution in [0.2, 0.25) is 0 Å². The Bertz CT molecular complexity index is 834. The largest absolute Gasteiger partial charge is 0.455 e. The number of hydrogen-bond donors (Lipinski definition) is 0. The molecule has 0 saturated heterocycles. The lowest BCUT2D eigenvalue weighted by molar-refractivity contribution is 0.0464. The lowest BCUT2D eigenvalue weighted by atomic mass is 10.1. The van der Waals surface area contributed by atoms with E-state index >= 15 is 0 Å². The van der Waals surface area contributed by atoms with Crippen LogP contribution >= 0.6 is 0 Å². The number of benzene rings is 1. The van der Waals surface area contributed by atoms with Crippen molar-refractivity contribution in [2.45, 2.75) is 6.61 Å². The molecule has 0 N–H and O–H groups in total. The first-order chi connectivity index (χ1) is 11.1. The van der Waals surface area contributed by atoms with Crippen molar-refractivity contribution < 1.29 is 22.8 Å². The summed E-state index contributed by atoms with van der Waals surface area (Å²) in [6.45, 7) is -0.131. The second-order valence-corrected chi connectivity index (χ2v) is 4.62. The van der Waals surface area contributed by atoms with Crippen molar-refractivity contribution in [3.63, 3.8) is 0 Å². The summed E-state index contributed by atoms with van der Waals surface area (Å²) in [5.74, 6) is -1.86. The van der Waals surface area contributed by atoms with E-state index < -0.39 is 17.6 Å². The Morgan fingerprint density at radius 3 is 2.65 bits per heavy atom. The number of carbonyl (C=O) groups excluding carboxylic acids is 1. The number of hydrogen-bond acceptors (Lipinski definition) is 5. The van der Waals surface area contributed by atoms with Crippen molar-refractivity contribution in [2.75, 3.05) is 0 Å². The highest BCUT2D eigenvalue weighted by Gasteiger charge is 2.14. The van der Waals surface area contributed by atoms with Gasteiger partial charge in [-0.2, -0.15) is 0 Å². The van der Waals surface area contributed by atoms with Crippen molar-refractivity contribution in [2.24, 2.45) is 0 Å². The number of aromatic nitrogens is 2. The van der Waals surface area contributed by atoms with Crippen LogP contribution in [0.1, 0.15) is 16.1 Å². The lowest BCUT2D eigenvalue weighted by Gasteiger charge is -2.01. The fourth-order valence-corrected chi connectivity index (χ4v) is 1.91. The van der Waals surface area contributed by atoms with Gasteiger partial charge in [0.25, 0.3) is 0 Å². The van der Waals surface area contributed by atoms with E-state index in [1.54, 1.807) is 0 Å². The van der Waals surface area contributed by atoms with Gasteiger partial charge >= 0.3 is 5.97 Å². The molecule has 0 unspecified atom stereocenters. The van der Waals surface area contributed by atoms with Gasteiger partial charge in [-0.25, -0.2) is 13.6 Å². The van der Waals surface area contributed by atoms with Crippen molar-refractivity contribution in [1.29, 1.82) is 0 Å². The Balaban J connectivity index is 1.69. The van der Waals surface area contributed by atoms with Gasteiger partial charge in [0.1, 0.15) is 23.9 Å². The summed E-state index contributed by atoms with van der Waals surface area (Å²) in [4.78, 5) is 15.6. The second kappa shape index (κ2) is 6.35. The van der Waals surface area contributed by atoms with Crippen LogP contribution in [0.4, 0.5) is 8.78 Å². The predicted molar refractivity (Wildman–Crippen MR) is 75.2 cm³/mol. The van der Waals surface area contributed by atoms with Crippen LogP contribution in [-0.2, 0) is 11.3 Å². The molecule has 0 aliphatic heterocycles. The first-order valence-electron chi connectivity index (χ1n) is 6.61. The molecular formula is C16H10F2N2O3. The number of halogens is 2. The average Bonchev–Trinajstić information content (AvgIpc) is 3.02. The molecule has 0 fully saturated rings. The molecule has 0 bridgehead atoms. The number of esters is 1. The molecule has 5 nitrogen and oxygen atoms in total. The zero-order valence-corrected chi connectivity index (χ0v) is 11.7. The molecule has 0 atom stereocenters. The van der Waals surface area contributed by atoms with Gasteiger partial charge in [0.05, 0.1) is 11.1 Å². The maximum Gasteiger partial charge on any atom is 0.338 e. The van der Waals surface area contributed by atoms with E-state index in [4.69, 9.17) is 9.26 Å². The lowest BCUT2D eigenvalue weighted by Crippen LogP contribution is -2.05. The normalized spacial score (nSPS) is 10.5. The molecule has 0 radical (unpaired) electrons. The summed E-state index contributed by atoms with van der Waals surface area (Å²) in [6, 6.07) is 7.58. The summed E-state index contributed by atoms with van der Waals surface area (Å²) >= 11 is 0. The molecule has 2 aromatic heterocycles. The van der Waals surface area contributed by atoms with Crippen LogP contribution in [0.25, 0.3) is 11.3 Å². The van der Waals surface area contributed by atoms with E-state index in [0.717, 1.165) is 12.1 Å². The molecule has 116 valence electrons. The summed E-state index contributed by atoms with van der Waals surface area (Å²) in [5.41, 5.74) is 0.741. The van der Waals surface area contributed by atoms with E-state index in [2.05, 4.69) is 10.1 Å². The van der Waals surface area contributed by atoms with Gasteiger partial charge in [-0.15, -0.1) is 0 Å². The molecule has 0 aliphatic rings. The molecule has 0 amide bonds. The van der Waals surface area contributed by atoms with Gasteiger partial charge in [0, 0.05) is 24.5 Å². The van der Waals surface area contributed by atoms with Crippen LogP contribution in [0.5, 0.6) is 0 Å². The SMILES string of the molecule is O=C(OCc1cc(-c2ccc(F)cc2F)on1)c1ccncc1. The first kappa shape index (κ1) is 14.8. The summed E-state index contributed by atoms with van der Waals surface area (Å²) in [5, 5.41) is 3.70. The van der Waals surface area contributed by atoms with Crippen molar-refractivity contribution >= 4 is 5.97 Å². The fourth-order valence-electron chi connectivity index (χ4n) is 1.91. The summed E-state index contributed by atoms with van der Waals surface area (Å²) < 4.78 is 36.6. The Morgan fingerprint density at radius 2 is 1.91 bits per heavy atom. The smallest absolute Gasteiger partial charge is 0.338 e. The molecule has 7 heteroatoms. The standard InChI is InChI=1S/C16H10F2N2O3/c17-11-1-2-13(14(18)7-11)15-8-12(20-23-15)9-22-16(21)10-3-5-19-6-4-10/h1-8H,9H2. The van der Waals surface area contributed by atoms with Gasteiger partial charge in [-0.3, -0.25) is 4.98 Å². The van der Waals surface area contributed by atoms with Crippen LogP contribution < -0.4 is 0 Å². The van der Waals surface area contributed by atoms with Gasteiger partial charge in [-0.1, -0.05) is 5.16 Å². The zero-order chi connectivity index (χ0) is 16.2. The molecule has 0 spiro atoms. The van der Waals surface area contributed by atoms with Crippen LogP contribution in [-0.4, -0.2) is 16.1 Å². The van der Waals surface area contributed by atoms with Crippen molar-refractivity contribution in [1.82, 2.24) is 10.1 Å². The Morgan fingerprint density at radius 1 is 1.13 bits per heavy atom. The Labute approximate surface area is 129 Å². The Kier molecular flexibility index (Phi) is 4.09. The van der Waals surface area contributed by atoms with Gasteiger partial charge in [0.2, 0.25) is 0 Å². The third-order valence-electron chi connectivity index (χ3n) is 3.02. The molecule has 3 aromatic rings. The first-order valence-corrected chi connectivity index (χ1v) is 6.61. The molecule has 2 heterocycles. The monoisotopic (exact) mass is 316 g/mol. The summed E-state index contributed by atoms with van der Waals surface area (Å²) in [7, 11) is 0. The molecular weight excluding hydrogens is 306 g/mol. The van der Waals surface area contributed by atoms with E-state index in [1.165, 1.54) is 36.7 Å².